The van der Waals surface area contributed by atoms with Gasteiger partial charge in [0.05, 0.1) is 20.5 Å². The van der Waals surface area contributed by atoms with Crippen LogP contribution < -0.4 is 5.32 Å². The minimum Gasteiger partial charge on any atom is -0.408 e. The number of hydrogen-bond donors (Lipinski definition) is 1. The standard InChI is InChI=1S/C11H9Cl2N3O4S/c1-5-15-16-11(20-5)14-10(17)6-3-4-7(21(2,18)19)9(13)8(6)12/h3-4H,1-2H3,(H,14,16,17). The van der Waals surface area contributed by atoms with Crippen LogP contribution in [-0.4, -0.2) is 30.8 Å². The summed E-state index contributed by atoms with van der Waals surface area (Å²) in [7, 11) is -3.54. The second-order valence-corrected chi connectivity index (χ2v) is 6.83. The van der Waals surface area contributed by atoms with Gasteiger partial charge in [-0.2, -0.15) is 0 Å². The summed E-state index contributed by atoms with van der Waals surface area (Å²) in [5.74, 6) is -0.368. The van der Waals surface area contributed by atoms with Crippen LogP contribution in [0.4, 0.5) is 6.01 Å². The third-order valence-corrected chi connectivity index (χ3v) is 4.57. The first kappa shape index (κ1) is 15.7. The molecule has 0 saturated carbocycles. The van der Waals surface area contributed by atoms with Crippen molar-refractivity contribution in [3.63, 3.8) is 0 Å². The van der Waals surface area contributed by atoms with Crippen molar-refractivity contribution in [1.29, 1.82) is 0 Å². The molecular weight excluding hydrogens is 341 g/mol. The van der Waals surface area contributed by atoms with E-state index in [9.17, 15) is 13.2 Å². The van der Waals surface area contributed by atoms with E-state index in [-0.39, 0.29) is 32.4 Å². The van der Waals surface area contributed by atoms with Gasteiger partial charge in [0.2, 0.25) is 5.89 Å². The van der Waals surface area contributed by atoms with Crippen molar-refractivity contribution in [1.82, 2.24) is 10.2 Å². The number of halogens is 2. The minimum absolute atomic E-state index is 0.00933. The van der Waals surface area contributed by atoms with Crippen LogP contribution in [0.25, 0.3) is 0 Å². The number of carbonyl (C=O) groups excluding carboxylic acids is 1. The number of nitrogens with zero attached hydrogens (tertiary/aromatic N) is 2. The Morgan fingerprint density at radius 1 is 1.24 bits per heavy atom. The molecule has 0 bridgehead atoms. The van der Waals surface area contributed by atoms with E-state index < -0.39 is 15.7 Å². The Labute approximate surface area is 130 Å². The molecule has 0 radical (unpaired) electrons. The Morgan fingerprint density at radius 3 is 2.43 bits per heavy atom. The lowest BCUT2D eigenvalue weighted by Gasteiger charge is -2.08. The number of sulfone groups is 1. The van der Waals surface area contributed by atoms with Gasteiger partial charge in [-0.15, -0.1) is 5.10 Å². The highest BCUT2D eigenvalue weighted by Crippen LogP contribution is 2.32. The molecule has 1 aromatic carbocycles. The number of carbonyl (C=O) groups is 1. The number of hydrogen-bond acceptors (Lipinski definition) is 6. The van der Waals surface area contributed by atoms with Crippen molar-refractivity contribution in [3.05, 3.63) is 33.6 Å². The number of anilines is 1. The van der Waals surface area contributed by atoms with Crippen molar-refractivity contribution in [3.8, 4) is 0 Å². The number of benzene rings is 1. The molecule has 1 amide bonds. The molecule has 0 aliphatic carbocycles. The maximum absolute atomic E-state index is 12.0. The van der Waals surface area contributed by atoms with Gasteiger partial charge in [0.1, 0.15) is 0 Å². The highest BCUT2D eigenvalue weighted by Gasteiger charge is 2.21. The molecule has 0 atom stereocenters. The van der Waals surface area contributed by atoms with Crippen LogP contribution >= 0.6 is 23.2 Å². The Morgan fingerprint density at radius 2 is 1.90 bits per heavy atom. The van der Waals surface area contributed by atoms with E-state index in [1.807, 2.05) is 0 Å². The predicted octanol–water partition coefficient (Wildman–Crippen LogP) is 2.34. The number of amides is 1. The van der Waals surface area contributed by atoms with Crippen molar-refractivity contribution >= 4 is 45.0 Å². The highest BCUT2D eigenvalue weighted by molar-refractivity contribution is 7.90. The van der Waals surface area contributed by atoms with Crippen molar-refractivity contribution in [2.75, 3.05) is 11.6 Å². The molecule has 1 heterocycles. The quantitative estimate of drug-likeness (QED) is 0.912. The number of aromatic nitrogens is 2. The van der Waals surface area contributed by atoms with Crippen LogP contribution in [0.1, 0.15) is 16.2 Å². The second-order valence-electron chi connectivity index (χ2n) is 4.09. The van der Waals surface area contributed by atoms with Crippen LogP contribution in [0, 0.1) is 6.92 Å². The molecule has 2 aromatic rings. The summed E-state index contributed by atoms with van der Waals surface area (Å²) < 4.78 is 28.0. The summed E-state index contributed by atoms with van der Waals surface area (Å²) in [6.07, 6.45) is 0.992. The smallest absolute Gasteiger partial charge is 0.322 e. The molecule has 0 spiro atoms. The van der Waals surface area contributed by atoms with E-state index in [0.29, 0.717) is 0 Å². The summed E-state index contributed by atoms with van der Waals surface area (Å²) in [6, 6.07) is 2.36. The molecule has 2 rings (SSSR count). The first-order valence-electron chi connectivity index (χ1n) is 5.49. The molecule has 0 saturated heterocycles. The lowest BCUT2D eigenvalue weighted by Crippen LogP contribution is -2.13. The van der Waals surface area contributed by atoms with E-state index >= 15 is 0 Å². The Balaban J connectivity index is 2.37. The molecule has 0 aliphatic heterocycles. The Bertz CT molecular complexity index is 817. The van der Waals surface area contributed by atoms with Crippen molar-refractivity contribution in [2.45, 2.75) is 11.8 Å². The lowest BCUT2D eigenvalue weighted by molar-refractivity contribution is 0.102. The van der Waals surface area contributed by atoms with Gasteiger partial charge in [-0.3, -0.25) is 10.1 Å². The van der Waals surface area contributed by atoms with Gasteiger partial charge in [0.15, 0.2) is 9.84 Å². The van der Waals surface area contributed by atoms with E-state index in [4.69, 9.17) is 27.6 Å². The molecule has 0 fully saturated rings. The van der Waals surface area contributed by atoms with E-state index in [1.165, 1.54) is 12.1 Å². The zero-order valence-corrected chi connectivity index (χ0v) is 13.2. The maximum Gasteiger partial charge on any atom is 0.322 e. The lowest BCUT2D eigenvalue weighted by atomic mass is 10.2. The van der Waals surface area contributed by atoms with Gasteiger partial charge < -0.3 is 4.42 Å². The van der Waals surface area contributed by atoms with Gasteiger partial charge in [-0.1, -0.05) is 28.3 Å². The van der Waals surface area contributed by atoms with Crippen LogP contribution in [-0.2, 0) is 9.84 Å². The van der Waals surface area contributed by atoms with Crippen LogP contribution in [0.3, 0.4) is 0 Å². The Hall–Kier alpha value is -1.64. The average molecular weight is 350 g/mol. The fourth-order valence-electron chi connectivity index (χ4n) is 1.51. The van der Waals surface area contributed by atoms with Gasteiger partial charge in [0.25, 0.3) is 5.91 Å². The van der Waals surface area contributed by atoms with Gasteiger partial charge >= 0.3 is 6.01 Å². The number of aryl methyl sites for hydroxylation is 1. The molecule has 112 valence electrons. The average Bonchev–Trinajstić information content (AvgIpc) is 2.76. The SMILES string of the molecule is Cc1nnc(NC(=O)c2ccc(S(C)(=O)=O)c(Cl)c2Cl)o1. The van der Waals surface area contributed by atoms with Gasteiger partial charge in [0, 0.05) is 13.2 Å². The van der Waals surface area contributed by atoms with E-state index in [0.717, 1.165) is 6.26 Å². The largest absolute Gasteiger partial charge is 0.408 e. The molecule has 21 heavy (non-hydrogen) atoms. The fourth-order valence-corrected chi connectivity index (χ4v) is 3.14. The van der Waals surface area contributed by atoms with Gasteiger partial charge in [-0.25, -0.2) is 8.42 Å². The summed E-state index contributed by atoms with van der Waals surface area (Å²) in [6.45, 7) is 1.56. The molecular formula is C11H9Cl2N3O4S. The molecule has 0 unspecified atom stereocenters. The van der Waals surface area contributed by atoms with Crippen molar-refractivity contribution < 1.29 is 17.6 Å². The number of nitrogens with one attached hydrogen (secondary N) is 1. The fraction of sp³-hybridized carbons (Fsp3) is 0.182. The maximum atomic E-state index is 12.0. The first-order valence-corrected chi connectivity index (χ1v) is 8.14. The second kappa shape index (κ2) is 5.63. The third-order valence-electron chi connectivity index (χ3n) is 2.44. The van der Waals surface area contributed by atoms with Gasteiger partial charge in [-0.05, 0) is 12.1 Å². The van der Waals surface area contributed by atoms with Crippen LogP contribution in [0.15, 0.2) is 21.4 Å². The highest BCUT2D eigenvalue weighted by atomic mass is 35.5. The minimum atomic E-state index is -3.54. The number of rotatable bonds is 3. The van der Waals surface area contributed by atoms with E-state index in [2.05, 4.69) is 15.5 Å². The normalized spacial score (nSPS) is 11.4. The molecule has 10 heteroatoms. The summed E-state index contributed by atoms with van der Waals surface area (Å²) in [4.78, 5) is 11.9. The molecule has 1 N–H and O–H groups in total. The zero-order valence-electron chi connectivity index (χ0n) is 10.8. The third kappa shape index (κ3) is 3.34. The molecule has 0 aliphatic rings. The topological polar surface area (TPSA) is 102 Å². The summed E-state index contributed by atoms with van der Waals surface area (Å²) >= 11 is 11.8. The molecule has 7 nitrogen and oxygen atoms in total. The first-order chi connectivity index (χ1) is 9.70. The molecule has 1 aromatic heterocycles. The predicted molar refractivity (Wildman–Crippen MR) is 76.6 cm³/mol. The monoisotopic (exact) mass is 349 g/mol. The van der Waals surface area contributed by atoms with Crippen LogP contribution in [0.5, 0.6) is 0 Å². The van der Waals surface area contributed by atoms with Crippen LogP contribution in [0.2, 0.25) is 10.0 Å². The summed E-state index contributed by atoms with van der Waals surface area (Å²) in [5, 5.41) is 9.10. The Kier molecular flexibility index (Phi) is 4.22. The summed E-state index contributed by atoms with van der Waals surface area (Å²) in [5.41, 5.74) is -0.00933. The zero-order chi connectivity index (χ0) is 15.8. The van der Waals surface area contributed by atoms with E-state index in [1.54, 1.807) is 6.92 Å². The van der Waals surface area contributed by atoms with Crippen molar-refractivity contribution in [2.24, 2.45) is 0 Å².